The molecule has 6 heteroatoms. The third-order valence-electron chi connectivity index (χ3n) is 2.76. The van der Waals surface area contributed by atoms with Crippen LogP contribution in [-0.4, -0.2) is 14.7 Å². The fraction of sp³-hybridized carbons (Fsp3) is 0.308. The van der Waals surface area contributed by atoms with Crippen LogP contribution in [0.25, 0.3) is 5.69 Å². The van der Waals surface area contributed by atoms with E-state index in [0.717, 1.165) is 5.69 Å². The molecule has 2 aromatic rings. The van der Waals surface area contributed by atoms with Crippen LogP contribution in [0, 0.1) is 10.1 Å². The summed E-state index contributed by atoms with van der Waals surface area (Å²) in [5.74, 6) is 0. The molecule has 0 amide bonds. The van der Waals surface area contributed by atoms with Gasteiger partial charge in [0.2, 0.25) is 0 Å². The molecule has 6 nitrogen and oxygen atoms in total. The van der Waals surface area contributed by atoms with Gasteiger partial charge in [-0.25, -0.2) is 4.68 Å². The quantitative estimate of drug-likeness (QED) is 0.664. The van der Waals surface area contributed by atoms with E-state index in [9.17, 15) is 10.1 Å². The number of nitro groups is 1. The number of nitrogens with zero attached hydrogens (tertiary/aromatic N) is 3. The highest BCUT2D eigenvalue weighted by molar-refractivity contribution is 5.49. The van der Waals surface area contributed by atoms with Crippen LogP contribution >= 0.6 is 0 Å². The Morgan fingerprint density at radius 1 is 1.37 bits per heavy atom. The minimum atomic E-state index is -0.430. The van der Waals surface area contributed by atoms with Crippen LogP contribution in [0.5, 0.6) is 0 Å². The van der Waals surface area contributed by atoms with E-state index in [2.05, 4.69) is 5.10 Å². The molecular weight excluding hydrogens is 244 g/mol. The number of aromatic nitrogens is 2. The molecule has 2 rings (SSSR count). The highest BCUT2D eigenvalue weighted by atomic mass is 16.6. The second-order valence-electron chi connectivity index (χ2n) is 5.40. The number of non-ortho nitro benzene ring substituents is 1. The van der Waals surface area contributed by atoms with Crippen molar-refractivity contribution in [2.24, 2.45) is 0 Å². The molecule has 0 atom stereocenters. The Labute approximate surface area is 111 Å². The van der Waals surface area contributed by atoms with Gasteiger partial charge in [0.05, 0.1) is 28.2 Å². The molecule has 0 bridgehead atoms. The van der Waals surface area contributed by atoms with Crippen molar-refractivity contribution in [2.45, 2.75) is 26.2 Å². The number of nitrogen functional groups attached to an aromatic ring is 1. The van der Waals surface area contributed by atoms with Crippen molar-refractivity contribution in [2.75, 3.05) is 5.73 Å². The van der Waals surface area contributed by atoms with Crippen molar-refractivity contribution < 1.29 is 4.92 Å². The standard InChI is InChI=1S/C13H16N4O2/c1-13(2,3)12-11(14)8-16(15-12)9-5-4-6-10(7-9)17(18)19/h4-8H,14H2,1-3H3. The lowest BCUT2D eigenvalue weighted by molar-refractivity contribution is -0.384. The average Bonchev–Trinajstić information content (AvgIpc) is 2.71. The van der Waals surface area contributed by atoms with Gasteiger partial charge in [-0.3, -0.25) is 10.1 Å². The molecule has 1 heterocycles. The van der Waals surface area contributed by atoms with E-state index in [1.54, 1.807) is 23.0 Å². The van der Waals surface area contributed by atoms with E-state index in [-0.39, 0.29) is 11.1 Å². The van der Waals surface area contributed by atoms with Crippen molar-refractivity contribution in [3.8, 4) is 5.69 Å². The second kappa shape index (κ2) is 4.38. The van der Waals surface area contributed by atoms with Crippen LogP contribution in [0.15, 0.2) is 30.5 Å². The van der Waals surface area contributed by atoms with Crippen molar-refractivity contribution in [1.82, 2.24) is 9.78 Å². The summed E-state index contributed by atoms with van der Waals surface area (Å²) in [5.41, 5.74) is 7.79. The monoisotopic (exact) mass is 260 g/mol. The Morgan fingerprint density at radius 3 is 2.58 bits per heavy atom. The van der Waals surface area contributed by atoms with Gasteiger partial charge >= 0.3 is 0 Å². The summed E-state index contributed by atoms with van der Waals surface area (Å²) in [6.45, 7) is 6.05. The highest BCUT2D eigenvalue weighted by Crippen LogP contribution is 2.27. The topological polar surface area (TPSA) is 87.0 Å². The van der Waals surface area contributed by atoms with Crippen LogP contribution in [0.4, 0.5) is 11.4 Å². The lowest BCUT2D eigenvalue weighted by Crippen LogP contribution is -2.14. The van der Waals surface area contributed by atoms with Gasteiger partial charge in [0.25, 0.3) is 5.69 Å². The van der Waals surface area contributed by atoms with Crippen molar-refractivity contribution in [3.63, 3.8) is 0 Å². The molecule has 19 heavy (non-hydrogen) atoms. The molecule has 0 aliphatic carbocycles. The molecule has 0 unspecified atom stereocenters. The third kappa shape index (κ3) is 2.57. The first kappa shape index (κ1) is 13.1. The largest absolute Gasteiger partial charge is 0.396 e. The summed E-state index contributed by atoms with van der Waals surface area (Å²) in [7, 11) is 0. The predicted octanol–water partition coefficient (Wildman–Crippen LogP) is 2.66. The molecule has 0 saturated heterocycles. The van der Waals surface area contributed by atoms with E-state index < -0.39 is 4.92 Å². The van der Waals surface area contributed by atoms with Crippen molar-refractivity contribution in [3.05, 3.63) is 46.3 Å². The Kier molecular flexibility index (Phi) is 3.01. The van der Waals surface area contributed by atoms with Gasteiger partial charge in [-0.1, -0.05) is 26.8 Å². The Bertz CT molecular complexity index is 626. The highest BCUT2D eigenvalue weighted by Gasteiger charge is 2.21. The summed E-state index contributed by atoms with van der Waals surface area (Å²) in [5, 5.41) is 15.2. The van der Waals surface area contributed by atoms with Crippen LogP contribution in [0.3, 0.4) is 0 Å². The minimum absolute atomic E-state index is 0.0314. The van der Waals surface area contributed by atoms with Crippen molar-refractivity contribution in [1.29, 1.82) is 0 Å². The molecule has 1 aromatic heterocycles. The zero-order chi connectivity index (χ0) is 14.2. The van der Waals surface area contributed by atoms with Gasteiger partial charge < -0.3 is 5.73 Å². The second-order valence-corrected chi connectivity index (χ2v) is 5.40. The van der Waals surface area contributed by atoms with Crippen LogP contribution < -0.4 is 5.73 Å². The number of hydrogen-bond donors (Lipinski definition) is 1. The van der Waals surface area contributed by atoms with Gasteiger partial charge in [0, 0.05) is 17.5 Å². The Balaban J connectivity index is 2.48. The maximum atomic E-state index is 10.8. The van der Waals surface area contributed by atoms with Gasteiger partial charge in [0.15, 0.2) is 0 Å². The Morgan fingerprint density at radius 2 is 2.05 bits per heavy atom. The maximum Gasteiger partial charge on any atom is 0.271 e. The average molecular weight is 260 g/mol. The van der Waals surface area contributed by atoms with E-state index in [1.165, 1.54) is 12.1 Å². The van der Waals surface area contributed by atoms with Crippen LogP contribution in [-0.2, 0) is 5.41 Å². The fourth-order valence-corrected chi connectivity index (χ4v) is 1.85. The molecule has 1 aromatic carbocycles. The van der Waals surface area contributed by atoms with Crippen LogP contribution in [0.1, 0.15) is 26.5 Å². The first-order chi connectivity index (χ1) is 8.79. The lowest BCUT2D eigenvalue weighted by atomic mass is 9.92. The molecule has 0 radical (unpaired) electrons. The molecule has 0 aliphatic rings. The SMILES string of the molecule is CC(C)(C)c1nn(-c2cccc([N+](=O)[O-])c2)cc1N. The number of nitro benzene ring substituents is 1. The molecule has 2 N–H and O–H groups in total. The molecule has 0 aliphatic heterocycles. The first-order valence-electron chi connectivity index (χ1n) is 5.89. The van der Waals surface area contributed by atoms with Gasteiger partial charge in [0.1, 0.15) is 0 Å². The van der Waals surface area contributed by atoms with E-state index in [0.29, 0.717) is 11.4 Å². The van der Waals surface area contributed by atoms with Crippen LogP contribution in [0.2, 0.25) is 0 Å². The molecule has 0 saturated carbocycles. The predicted molar refractivity (Wildman–Crippen MR) is 73.3 cm³/mol. The zero-order valence-corrected chi connectivity index (χ0v) is 11.1. The normalized spacial score (nSPS) is 11.5. The fourth-order valence-electron chi connectivity index (χ4n) is 1.85. The number of rotatable bonds is 2. The van der Waals surface area contributed by atoms with Gasteiger partial charge in [-0.15, -0.1) is 0 Å². The zero-order valence-electron chi connectivity index (χ0n) is 11.1. The minimum Gasteiger partial charge on any atom is -0.396 e. The molecule has 0 fully saturated rings. The smallest absolute Gasteiger partial charge is 0.271 e. The van der Waals surface area contributed by atoms with E-state index in [4.69, 9.17) is 5.73 Å². The summed E-state index contributed by atoms with van der Waals surface area (Å²) in [6.07, 6.45) is 1.68. The summed E-state index contributed by atoms with van der Waals surface area (Å²) < 4.78 is 1.57. The molecule has 100 valence electrons. The Hall–Kier alpha value is -2.37. The lowest BCUT2D eigenvalue weighted by Gasteiger charge is -2.15. The number of nitrogens with two attached hydrogens (primary N) is 1. The van der Waals surface area contributed by atoms with Gasteiger partial charge in [-0.05, 0) is 6.07 Å². The van der Waals surface area contributed by atoms with E-state index >= 15 is 0 Å². The number of benzene rings is 1. The summed E-state index contributed by atoms with van der Waals surface area (Å²) in [4.78, 5) is 10.3. The summed E-state index contributed by atoms with van der Waals surface area (Å²) in [6, 6.07) is 6.30. The van der Waals surface area contributed by atoms with Crippen molar-refractivity contribution >= 4 is 11.4 Å². The number of hydrogen-bond acceptors (Lipinski definition) is 4. The first-order valence-corrected chi connectivity index (χ1v) is 5.89. The van der Waals surface area contributed by atoms with E-state index in [1.807, 2.05) is 20.8 Å². The number of anilines is 1. The molecule has 0 spiro atoms. The third-order valence-corrected chi connectivity index (χ3v) is 2.76. The maximum absolute atomic E-state index is 10.8. The van der Waals surface area contributed by atoms with Gasteiger partial charge in [-0.2, -0.15) is 5.10 Å². The summed E-state index contributed by atoms with van der Waals surface area (Å²) >= 11 is 0. The molecular formula is C13H16N4O2.